The summed E-state index contributed by atoms with van der Waals surface area (Å²) in [5.74, 6) is 0.845. The molecule has 0 atom stereocenters. The number of benzene rings is 3. The monoisotopic (exact) mass is 373 g/mol. The Hall–Kier alpha value is -4.04. The van der Waals surface area contributed by atoms with Crippen molar-refractivity contribution in [2.24, 2.45) is 9.98 Å². The van der Waals surface area contributed by atoms with Crippen LogP contribution in [-0.2, 0) is 12.8 Å². The van der Waals surface area contributed by atoms with Crippen molar-refractivity contribution in [2.75, 3.05) is 0 Å². The minimum absolute atomic E-state index is 0.640. The van der Waals surface area contributed by atoms with E-state index in [1.165, 1.54) is 5.56 Å². The number of imidazole rings is 1. The molecule has 1 N–H and O–H groups in total. The van der Waals surface area contributed by atoms with Crippen LogP contribution >= 0.6 is 0 Å². The lowest BCUT2D eigenvalue weighted by Gasteiger charge is -2.00. The number of hydrogen-bond donors (Lipinski definition) is 1. The average Bonchev–Trinajstić information content (AvgIpc) is 3.48. The molecule has 0 bridgehead atoms. The standard InChI is InChI=1S/C24H15N5/c25-13-14-1-2-16-10-22(27-21(16)9-14)17-5-6-19-23(11-17)29-24(28-19)18-4-3-15-7-8-26-20(15)12-18/h1-6,8-9,11-12H,7,10H2,(H,28,29). The summed E-state index contributed by atoms with van der Waals surface area (Å²) in [5.41, 5.74) is 10.0. The van der Waals surface area contributed by atoms with Gasteiger partial charge in [0, 0.05) is 24.6 Å². The molecule has 0 aliphatic carbocycles. The number of rotatable bonds is 2. The first-order chi connectivity index (χ1) is 14.3. The van der Waals surface area contributed by atoms with Crippen molar-refractivity contribution in [3.05, 3.63) is 76.9 Å². The summed E-state index contributed by atoms with van der Waals surface area (Å²) in [6, 6.07) is 20.4. The maximum absolute atomic E-state index is 9.10. The van der Waals surface area contributed by atoms with E-state index in [4.69, 9.17) is 15.2 Å². The van der Waals surface area contributed by atoms with Crippen LogP contribution in [0.1, 0.15) is 22.3 Å². The fraction of sp³-hybridized carbons (Fsp3) is 0.0833. The predicted molar refractivity (Wildman–Crippen MR) is 114 cm³/mol. The van der Waals surface area contributed by atoms with Gasteiger partial charge in [0.05, 0.1) is 39.8 Å². The van der Waals surface area contributed by atoms with Crippen LogP contribution in [0.15, 0.2) is 64.6 Å². The fourth-order valence-electron chi connectivity index (χ4n) is 3.99. The van der Waals surface area contributed by atoms with Crippen molar-refractivity contribution >= 4 is 34.3 Å². The number of nitrogens with one attached hydrogen (secondary N) is 1. The maximum atomic E-state index is 9.10. The van der Waals surface area contributed by atoms with Crippen LogP contribution in [0.5, 0.6) is 0 Å². The van der Waals surface area contributed by atoms with E-state index < -0.39 is 0 Å². The van der Waals surface area contributed by atoms with Gasteiger partial charge >= 0.3 is 0 Å². The van der Waals surface area contributed by atoms with Gasteiger partial charge in [-0.3, -0.25) is 9.98 Å². The van der Waals surface area contributed by atoms with Crippen molar-refractivity contribution in [3.63, 3.8) is 0 Å². The lowest BCUT2D eigenvalue weighted by Crippen LogP contribution is -1.99. The average molecular weight is 373 g/mol. The molecule has 0 unspecified atom stereocenters. The second kappa shape index (κ2) is 5.98. The second-order valence-electron chi connectivity index (χ2n) is 7.37. The zero-order valence-electron chi connectivity index (χ0n) is 15.5. The third kappa shape index (κ3) is 2.58. The molecule has 5 nitrogen and oxygen atoms in total. The minimum atomic E-state index is 0.640. The van der Waals surface area contributed by atoms with Gasteiger partial charge in [0.1, 0.15) is 5.82 Å². The van der Waals surface area contributed by atoms with Crippen LogP contribution in [-0.4, -0.2) is 21.9 Å². The molecule has 29 heavy (non-hydrogen) atoms. The largest absolute Gasteiger partial charge is 0.338 e. The molecule has 0 amide bonds. The molecule has 5 heteroatoms. The Bertz CT molecular complexity index is 1420. The first kappa shape index (κ1) is 16.0. The van der Waals surface area contributed by atoms with Crippen molar-refractivity contribution in [1.82, 2.24) is 9.97 Å². The minimum Gasteiger partial charge on any atom is -0.338 e. The van der Waals surface area contributed by atoms with Crippen molar-refractivity contribution < 1.29 is 0 Å². The predicted octanol–water partition coefficient (Wildman–Crippen LogP) is 5.04. The van der Waals surface area contributed by atoms with Crippen molar-refractivity contribution in [2.45, 2.75) is 12.8 Å². The number of aliphatic imine (C=N–C) groups is 2. The molecule has 3 heterocycles. The van der Waals surface area contributed by atoms with Crippen LogP contribution in [0, 0.1) is 11.3 Å². The van der Waals surface area contributed by atoms with Crippen molar-refractivity contribution in [1.29, 1.82) is 5.26 Å². The Balaban J connectivity index is 1.37. The topological polar surface area (TPSA) is 77.2 Å². The molecule has 1 aromatic heterocycles. The lowest BCUT2D eigenvalue weighted by molar-refractivity contribution is 1.32. The third-order valence-corrected chi connectivity index (χ3v) is 5.54. The van der Waals surface area contributed by atoms with Gasteiger partial charge in [-0.05, 0) is 47.0 Å². The molecule has 0 spiro atoms. The second-order valence-corrected chi connectivity index (χ2v) is 7.37. The van der Waals surface area contributed by atoms with Gasteiger partial charge in [-0.25, -0.2) is 4.98 Å². The number of fused-ring (bicyclic) bond motifs is 3. The van der Waals surface area contributed by atoms with Gasteiger partial charge in [0.25, 0.3) is 0 Å². The van der Waals surface area contributed by atoms with E-state index in [1.807, 2.05) is 30.5 Å². The van der Waals surface area contributed by atoms with E-state index in [-0.39, 0.29) is 0 Å². The molecule has 0 saturated carbocycles. The third-order valence-electron chi connectivity index (χ3n) is 5.54. The van der Waals surface area contributed by atoms with Gasteiger partial charge in [0.2, 0.25) is 0 Å². The highest BCUT2D eigenvalue weighted by Gasteiger charge is 2.18. The van der Waals surface area contributed by atoms with E-state index in [2.05, 4.69) is 46.4 Å². The van der Waals surface area contributed by atoms with E-state index in [0.29, 0.717) is 5.56 Å². The fourth-order valence-corrected chi connectivity index (χ4v) is 3.99. The summed E-state index contributed by atoms with van der Waals surface area (Å²) < 4.78 is 0. The van der Waals surface area contributed by atoms with E-state index >= 15 is 0 Å². The smallest absolute Gasteiger partial charge is 0.138 e. The molecule has 0 fully saturated rings. The molecule has 6 rings (SSSR count). The van der Waals surface area contributed by atoms with E-state index in [9.17, 15) is 0 Å². The number of aromatic amines is 1. The number of aromatic nitrogens is 2. The van der Waals surface area contributed by atoms with Crippen LogP contribution < -0.4 is 0 Å². The van der Waals surface area contributed by atoms with Gasteiger partial charge in [-0.15, -0.1) is 0 Å². The Morgan fingerprint density at radius 1 is 0.897 bits per heavy atom. The van der Waals surface area contributed by atoms with E-state index in [0.717, 1.165) is 63.5 Å². The first-order valence-electron chi connectivity index (χ1n) is 9.53. The number of nitriles is 1. The molecule has 0 saturated heterocycles. The zero-order valence-corrected chi connectivity index (χ0v) is 15.5. The lowest BCUT2D eigenvalue weighted by atomic mass is 10.0. The van der Waals surface area contributed by atoms with Crippen molar-refractivity contribution in [3.8, 4) is 17.5 Å². The Morgan fingerprint density at radius 2 is 1.79 bits per heavy atom. The molecule has 2 aliphatic rings. The summed E-state index contributed by atoms with van der Waals surface area (Å²) >= 11 is 0. The molecule has 0 radical (unpaired) electrons. The highest BCUT2D eigenvalue weighted by atomic mass is 14.9. The van der Waals surface area contributed by atoms with Crippen LogP contribution in [0.4, 0.5) is 11.4 Å². The van der Waals surface area contributed by atoms with Gasteiger partial charge < -0.3 is 4.98 Å². The molecule has 3 aromatic carbocycles. The summed E-state index contributed by atoms with van der Waals surface area (Å²) in [5, 5.41) is 9.10. The Labute approximate surface area is 167 Å². The van der Waals surface area contributed by atoms with Crippen LogP contribution in [0.25, 0.3) is 22.4 Å². The summed E-state index contributed by atoms with van der Waals surface area (Å²) in [6.07, 6.45) is 3.62. The highest BCUT2D eigenvalue weighted by Crippen LogP contribution is 2.32. The Kier molecular flexibility index (Phi) is 3.29. The van der Waals surface area contributed by atoms with Gasteiger partial charge in [-0.2, -0.15) is 5.26 Å². The highest BCUT2D eigenvalue weighted by molar-refractivity contribution is 6.08. The van der Waals surface area contributed by atoms with E-state index in [1.54, 1.807) is 0 Å². The molecule has 4 aromatic rings. The molecular formula is C24H15N5. The number of nitrogens with zero attached hydrogens (tertiary/aromatic N) is 4. The first-order valence-corrected chi connectivity index (χ1v) is 9.53. The quantitative estimate of drug-likeness (QED) is 0.534. The van der Waals surface area contributed by atoms with Crippen LogP contribution in [0.2, 0.25) is 0 Å². The zero-order chi connectivity index (χ0) is 19.4. The molecule has 136 valence electrons. The normalized spacial score (nSPS) is 14.0. The number of hydrogen-bond acceptors (Lipinski definition) is 4. The molecular weight excluding hydrogens is 358 g/mol. The summed E-state index contributed by atoms with van der Waals surface area (Å²) in [4.78, 5) is 17.4. The van der Waals surface area contributed by atoms with Crippen LogP contribution in [0.3, 0.4) is 0 Å². The number of H-pyrrole nitrogens is 1. The SMILES string of the molecule is N#Cc1ccc2c(c1)N=C(c1ccc3nc(-c4ccc5c(c4)N=CC5)[nH]c3c1)C2. The van der Waals surface area contributed by atoms with Gasteiger partial charge in [-0.1, -0.05) is 24.3 Å². The summed E-state index contributed by atoms with van der Waals surface area (Å²) in [7, 11) is 0. The maximum Gasteiger partial charge on any atom is 0.138 e. The molecule has 2 aliphatic heterocycles. The van der Waals surface area contributed by atoms with Gasteiger partial charge in [0.15, 0.2) is 0 Å². The Morgan fingerprint density at radius 3 is 2.72 bits per heavy atom. The summed E-state index contributed by atoms with van der Waals surface area (Å²) in [6.45, 7) is 0.